The molecule has 0 aliphatic heterocycles. The summed E-state index contributed by atoms with van der Waals surface area (Å²) >= 11 is 0. The molecular weight excluding hydrogens is 450 g/mol. The minimum absolute atomic E-state index is 0.197. The third-order valence-corrected chi connectivity index (χ3v) is 5.67. The molecule has 0 heterocycles. The van der Waals surface area contributed by atoms with Crippen molar-refractivity contribution in [1.29, 1.82) is 0 Å². The van der Waals surface area contributed by atoms with Gasteiger partial charge in [0, 0.05) is 35.5 Å². The fraction of sp³-hybridized carbons (Fsp3) is 0.100. The van der Waals surface area contributed by atoms with Crippen LogP contribution in [0.15, 0.2) is 103 Å². The Morgan fingerprint density at radius 3 is 1.53 bits per heavy atom. The Balaban J connectivity index is 1.21. The highest BCUT2D eigenvalue weighted by molar-refractivity contribution is 6.04. The van der Waals surface area contributed by atoms with Crippen molar-refractivity contribution in [3.8, 4) is 11.1 Å². The molecule has 6 nitrogen and oxygen atoms in total. The third-order valence-electron chi connectivity index (χ3n) is 5.67. The van der Waals surface area contributed by atoms with Crippen molar-refractivity contribution >= 4 is 23.4 Å². The van der Waals surface area contributed by atoms with E-state index in [1.807, 2.05) is 61.5 Å². The lowest BCUT2D eigenvalue weighted by atomic mass is 10.0. The Morgan fingerprint density at radius 2 is 0.972 bits per heavy atom. The number of hydrogen-bond acceptors (Lipinski definition) is 3. The lowest BCUT2D eigenvalue weighted by Gasteiger charge is -2.09. The molecule has 180 valence electrons. The van der Waals surface area contributed by atoms with Gasteiger partial charge in [-0.15, -0.1) is 0 Å². The molecule has 3 amide bonds. The van der Waals surface area contributed by atoms with E-state index in [1.165, 1.54) is 0 Å². The summed E-state index contributed by atoms with van der Waals surface area (Å²) in [6, 6.07) is 31.3. The average Bonchev–Trinajstić information content (AvgIpc) is 2.92. The van der Waals surface area contributed by atoms with Gasteiger partial charge in [-0.1, -0.05) is 60.2 Å². The maximum Gasteiger partial charge on any atom is 0.255 e. The molecule has 0 bridgehead atoms. The minimum Gasteiger partial charge on any atom is -0.350 e. The van der Waals surface area contributed by atoms with Crippen LogP contribution in [-0.2, 0) is 0 Å². The van der Waals surface area contributed by atoms with Crippen LogP contribution in [0.2, 0.25) is 0 Å². The van der Waals surface area contributed by atoms with Gasteiger partial charge in [0.25, 0.3) is 17.7 Å². The zero-order valence-corrected chi connectivity index (χ0v) is 20.0. The van der Waals surface area contributed by atoms with Gasteiger partial charge in [0.2, 0.25) is 0 Å². The minimum atomic E-state index is -0.257. The molecule has 4 aromatic carbocycles. The molecule has 0 unspecified atom stereocenters. The highest BCUT2D eigenvalue weighted by atomic mass is 16.2. The number of carbonyl (C=O) groups is 3. The normalized spacial score (nSPS) is 10.4. The van der Waals surface area contributed by atoms with E-state index in [1.54, 1.807) is 48.5 Å². The predicted molar refractivity (Wildman–Crippen MR) is 142 cm³/mol. The summed E-state index contributed by atoms with van der Waals surface area (Å²) in [6.45, 7) is 2.55. The summed E-state index contributed by atoms with van der Waals surface area (Å²) in [5.74, 6) is -0.664. The van der Waals surface area contributed by atoms with Crippen molar-refractivity contribution in [2.45, 2.75) is 6.92 Å². The molecule has 0 radical (unpaired) electrons. The van der Waals surface area contributed by atoms with E-state index in [2.05, 4.69) is 16.0 Å². The Hall–Kier alpha value is -4.71. The lowest BCUT2D eigenvalue weighted by molar-refractivity contribution is 0.0927. The van der Waals surface area contributed by atoms with E-state index in [0.29, 0.717) is 35.5 Å². The van der Waals surface area contributed by atoms with Gasteiger partial charge in [-0.05, 0) is 66.6 Å². The van der Waals surface area contributed by atoms with Gasteiger partial charge in [-0.2, -0.15) is 0 Å². The van der Waals surface area contributed by atoms with Crippen LogP contribution < -0.4 is 16.0 Å². The van der Waals surface area contributed by atoms with Gasteiger partial charge in [0.15, 0.2) is 0 Å². The van der Waals surface area contributed by atoms with Crippen LogP contribution in [0.3, 0.4) is 0 Å². The number of hydrogen-bond donors (Lipinski definition) is 3. The van der Waals surface area contributed by atoms with Gasteiger partial charge in [-0.3, -0.25) is 14.4 Å². The molecule has 0 spiro atoms. The zero-order chi connectivity index (χ0) is 25.3. The second-order valence-corrected chi connectivity index (χ2v) is 8.35. The molecule has 0 fully saturated rings. The molecule has 0 aromatic heterocycles. The van der Waals surface area contributed by atoms with Crippen molar-refractivity contribution in [2.24, 2.45) is 0 Å². The maximum atomic E-state index is 12.4. The summed E-state index contributed by atoms with van der Waals surface area (Å²) in [7, 11) is 0. The van der Waals surface area contributed by atoms with Crippen LogP contribution >= 0.6 is 0 Å². The molecule has 3 N–H and O–H groups in total. The maximum absolute atomic E-state index is 12.4. The van der Waals surface area contributed by atoms with Crippen LogP contribution in [0.5, 0.6) is 0 Å². The summed E-state index contributed by atoms with van der Waals surface area (Å²) in [4.78, 5) is 37.1. The van der Waals surface area contributed by atoms with E-state index >= 15 is 0 Å². The SMILES string of the molecule is Cc1ccc(C(=O)Nc2ccc(C(=O)NCCNC(=O)c3ccc(-c4ccccc4)cc3)cc2)cc1. The lowest BCUT2D eigenvalue weighted by Crippen LogP contribution is -2.34. The zero-order valence-electron chi connectivity index (χ0n) is 20.0. The number of nitrogens with one attached hydrogen (secondary N) is 3. The Kier molecular flexibility index (Phi) is 7.88. The van der Waals surface area contributed by atoms with Gasteiger partial charge in [-0.25, -0.2) is 0 Å². The summed E-state index contributed by atoms with van der Waals surface area (Å²) in [5.41, 5.74) is 5.41. The first-order valence-corrected chi connectivity index (χ1v) is 11.7. The van der Waals surface area contributed by atoms with Crippen LogP contribution in [0.1, 0.15) is 36.6 Å². The number of aryl methyl sites for hydroxylation is 1. The van der Waals surface area contributed by atoms with E-state index in [4.69, 9.17) is 0 Å². The van der Waals surface area contributed by atoms with Crippen molar-refractivity contribution < 1.29 is 14.4 Å². The Morgan fingerprint density at radius 1 is 0.528 bits per heavy atom. The van der Waals surface area contributed by atoms with Crippen molar-refractivity contribution in [1.82, 2.24) is 10.6 Å². The first-order valence-electron chi connectivity index (χ1n) is 11.7. The monoisotopic (exact) mass is 477 g/mol. The molecule has 4 rings (SSSR count). The van der Waals surface area contributed by atoms with Crippen LogP contribution in [-0.4, -0.2) is 30.8 Å². The largest absolute Gasteiger partial charge is 0.350 e. The van der Waals surface area contributed by atoms with Crippen molar-refractivity contribution in [3.05, 3.63) is 125 Å². The highest BCUT2D eigenvalue weighted by Crippen LogP contribution is 2.19. The number of amides is 3. The molecule has 4 aromatic rings. The quantitative estimate of drug-likeness (QED) is 0.310. The average molecular weight is 478 g/mol. The summed E-state index contributed by atoms with van der Waals surface area (Å²) in [6.07, 6.45) is 0. The topological polar surface area (TPSA) is 87.3 Å². The Labute approximate surface area is 210 Å². The fourth-order valence-corrected chi connectivity index (χ4v) is 3.61. The van der Waals surface area contributed by atoms with E-state index < -0.39 is 0 Å². The highest BCUT2D eigenvalue weighted by Gasteiger charge is 2.09. The van der Waals surface area contributed by atoms with Crippen molar-refractivity contribution in [2.75, 3.05) is 18.4 Å². The summed E-state index contributed by atoms with van der Waals surface area (Å²) < 4.78 is 0. The molecule has 0 aliphatic rings. The molecule has 6 heteroatoms. The molecule has 0 saturated heterocycles. The first-order chi connectivity index (χ1) is 17.5. The van der Waals surface area contributed by atoms with Gasteiger partial charge >= 0.3 is 0 Å². The van der Waals surface area contributed by atoms with Crippen LogP contribution in [0.4, 0.5) is 5.69 Å². The van der Waals surface area contributed by atoms with Crippen molar-refractivity contribution in [3.63, 3.8) is 0 Å². The number of rotatable bonds is 8. The van der Waals surface area contributed by atoms with E-state index in [0.717, 1.165) is 16.7 Å². The number of anilines is 1. The number of carbonyl (C=O) groups excluding carboxylic acids is 3. The molecule has 0 atom stereocenters. The molecule has 0 aliphatic carbocycles. The molecule has 36 heavy (non-hydrogen) atoms. The van der Waals surface area contributed by atoms with E-state index in [9.17, 15) is 14.4 Å². The molecular formula is C30H27N3O3. The summed E-state index contributed by atoms with van der Waals surface area (Å²) in [5, 5.41) is 8.42. The molecule has 0 saturated carbocycles. The van der Waals surface area contributed by atoms with Gasteiger partial charge < -0.3 is 16.0 Å². The standard InChI is InChI=1S/C30H27N3O3/c1-21-7-9-26(10-8-21)30(36)33-27-17-15-25(16-18-27)29(35)32-20-19-31-28(34)24-13-11-23(12-14-24)22-5-3-2-4-6-22/h2-18H,19-20H2,1H3,(H,31,34)(H,32,35)(H,33,36). The first kappa shape index (κ1) is 24.4. The van der Waals surface area contributed by atoms with Crippen LogP contribution in [0, 0.1) is 6.92 Å². The smallest absolute Gasteiger partial charge is 0.255 e. The second-order valence-electron chi connectivity index (χ2n) is 8.35. The predicted octanol–water partition coefficient (Wildman–Crippen LogP) is 5.07. The Bertz CT molecular complexity index is 1330. The van der Waals surface area contributed by atoms with E-state index in [-0.39, 0.29) is 17.7 Å². The fourth-order valence-electron chi connectivity index (χ4n) is 3.61. The van der Waals surface area contributed by atoms with Crippen LogP contribution in [0.25, 0.3) is 11.1 Å². The van der Waals surface area contributed by atoms with Gasteiger partial charge in [0.05, 0.1) is 0 Å². The second kappa shape index (κ2) is 11.6. The third kappa shape index (κ3) is 6.45. The van der Waals surface area contributed by atoms with Gasteiger partial charge in [0.1, 0.15) is 0 Å². The number of benzene rings is 4.